The predicted molar refractivity (Wildman–Crippen MR) is 48.4 cm³/mol. The lowest BCUT2D eigenvalue weighted by molar-refractivity contribution is 0.608. The summed E-state index contributed by atoms with van der Waals surface area (Å²) in [6.07, 6.45) is 2.67. The molecule has 0 amide bonds. The van der Waals surface area contributed by atoms with E-state index in [1.807, 2.05) is 0 Å². The van der Waals surface area contributed by atoms with Gasteiger partial charge in [0.15, 0.2) is 0 Å². The van der Waals surface area contributed by atoms with E-state index in [2.05, 4.69) is 10.2 Å². The molecule has 1 aliphatic carbocycles. The summed E-state index contributed by atoms with van der Waals surface area (Å²) in [5.74, 6) is 0. The van der Waals surface area contributed by atoms with Gasteiger partial charge in [0.05, 0.1) is 16.8 Å². The largest absolute Gasteiger partial charge is 0.279 e. The molecule has 2 rings (SSSR count). The maximum absolute atomic E-state index is 11.0. The van der Waals surface area contributed by atoms with Gasteiger partial charge in [-0.15, -0.1) is 11.6 Å². The first-order chi connectivity index (χ1) is 5.93. The second kappa shape index (κ2) is 2.62. The van der Waals surface area contributed by atoms with E-state index in [0.717, 1.165) is 12.8 Å². The van der Waals surface area contributed by atoms with E-state index in [1.54, 1.807) is 0 Å². The highest BCUT2D eigenvalue weighted by molar-refractivity contribution is 8.13. The third-order valence-corrected chi connectivity index (χ3v) is 3.90. The van der Waals surface area contributed by atoms with Crippen LogP contribution in [0.25, 0.3) is 0 Å². The molecule has 72 valence electrons. The first-order valence-electron chi connectivity index (χ1n) is 3.61. The molecule has 0 spiro atoms. The molecule has 1 aromatic rings. The lowest BCUT2D eigenvalue weighted by atomic mass is 10.3. The Bertz CT molecular complexity index is 435. The highest BCUT2D eigenvalue weighted by Crippen LogP contribution is 2.53. The number of nitrogens with one attached hydrogen (secondary N) is 1. The molecule has 1 heterocycles. The molecule has 0 aliphatic heterocycles. The van der Waals surface area contributed by atoms with E-state index in [0.29, 0.717) is 5.69 Å². The number of nitrogens with zero attached hydrogens (tertiary/aromatic N) is 1. The molecule has 1 saturated carbocycles. The Labute approximate surface area is 84.7 Å². The summed E-state index contributed by atoms with van der Waals surface area (Å²) in [5.41, 5.74) is 0.407. The fraction of sp³-hybridized carbons (Fsp3) is 0.500. The van der Waals surface area contributed by atoms with Crippen LogP contribution < -0.4 is 0 Å². The lowest BCUT2D eigenvalue weighted by Gasteiger charge is -2.03. The zero-order valence-corrected chi connectivity index (χ0v) is 8.75. The summed E-state index contributed by atoms with van der Waals surface area (Å²) in [5, 5.41) is 6.19. The summed E-state index contributed by atoms with van der Waals surface area (Å²) >= 11 is 6.03. The van der Waals surface area contributed by atoms with Crippen LogP contribution in [-0.4, -0.2) is 18.6 Å². The van der Waals surface area contributed by atoms with Crippen LogP contribution in [0.5, 0.6) is 0 Å². The molecule has 1 N–H and O–H groups in total. The van der Waals surface area contributed by atoms with Crippen LogP contribution >= 0.6 is 22.3 Å². The molecule has 13 heavy (non-hydrogen) atoms. The number of hydrogen-bond donors (Lipinski definition) is 1. The summed E-state index contributed by atoms with van der Waals surface area (Å²) in [6, 6.07) is 0. The number of alkyl halides is 1. The first kappa shape index (κ1) is 9.30. The summed E-state index contributed by atoms with van der Waals surface area (Å²) in [7, 11) is 1.45. The normalized spacial score (nSPS) is 20.2. The maximum atomic E-state index is 11.0. The van der Waals surface area contributed by atoms with E-state index in [-0.39, 0.29) is 4.90 Å². The zero-order valence-electron chi connectivity index (χ0n) is 6.42. The van der Waals surface area contributed by atoms with E-state index in [1.165, 1.54) is 6.20 Å². The van der Waals surface area contributed by atoms with Crippen LogP contribution in [0.2, 0.25) is 0 Å². The summed E-state index contributed by atoms with van der Waals surface area (Å²) < 4.78 is 22.1. The van der Waals surface area contributed by atoms with Crippen molar-refractivity contribution >= 4 is 31.3 Å². The van der Waals surface area contributed by atoms with Crippen molar-refractivity contribution in [1.82, 2.24) is 10.2 Å². The number of aromatic nitrogens is 2. The molecule has 0 aromatic carbocycles. The molecule has 1 aliphatic rings. The molecule has 0 bridgehead atoms. The van der Waals surface area contributed by atoms with Crippen molar-refractivity contribution in [3.05, 3.63) is 11.9 Å². The standard InChI is InChI=1S/C6H6Cl2N2O2S/c7-6(1-2-6)5-4(3-9-10-5)13(8,11)12/h3H,1-2H2,(H,9,10). The van der Waals surface area contributed by atoms with E-state index < -0.39 is 13.9 Å². The molecule has 1 fully saturated rings. The number of H-pyrrole nitrogens is 1. The first-order valence-corrected chi connectivity index (χ1v) is 6.30. The van der Waals surface area contributed by atoms with Crippen LogP contribution in [0.15, 0.2) is 11.1 Å². The molecule has 1 aromatic heterocycles. The average molecular weight is 241 g/mol. The highest BCUT2D eigenvalue weighted by atomic mass is 35.7. The van der Waals surface area contributed by atoms with Gasteiger partial charge in [0.25, 0.3) is 9.05 Å². The zero-order chi connectivity index (χ0) is 9.69. The fourth-order valence-electron chi connectivity index (χ4n) is 1.14. The highest BCUT2D eigenvalue weighted by Gasteiger charge is 2.47. The van der Waals surface area contributed by atoms with Crippen LogP contribution in [0, 0.1) is 0 Å². The second-order valence-corrected chi connectivity index (χ2v) is 6.27. The van der Waals surface area contributed by atoms with Crippen molar-refractivity contribution in [3.63, 3.8) is 0 Å². The summed E-state index contributed by atoms with van der Waals surface area (Å²) in [4.78, 5) is -0.602. The molecular formula is C6H6Cl2N2O2S. The topological polar surface area (TPSA) is 62.8 Å². The Morgan fingerprint density at radius 1 is 1.54 bits per heavy atom. The Kier molecular flexibility index (Phi) is 1.87. The molecule has 0 unspecified atom stereocenters. The lowest BCUT2D eigenvalue weighted by Crippen LogP contribution is -2.03. The van der Waals surface area contributed by atoms with Crippen molar-refractivity contribution in [1.29, 1.82) is 0 Å². The van der Waals surface area contributed by atoms with Gasteiger partial charge in [-0.05, 0) is 12.8 Å². The second-order valence-electron chi connectivity index (χ2n) is 3.01. The van der Waals surface area contributed by atoms with E-state index >= 15 is 0 Å². The van der Waals surface area contributed by atoms with Gasteiger partial charge in [0.1, 0.15) is 4.90 Å². The van der Waals surface area contributed by atoms with Gasteiger partial charge in [-0.25, -0.2) is 8.42 Å². The number of rotatable bonds is 2. The smallest absolute Gasteiger partial charge is 0.264 e. The Morgan fingerprint density at radius 2 is 2.15 bits per heavy atom. The predicted octanol–water partition coefficient (Wildman–Crippen LogP) is 1.57. The average Bonchev–Trinajstić information content (AvgIpc) is 2.60. The fourth-order valence-corrected chi connectivity index (χ4v) is 2.45. The van der Waals surface area contributed by atoms with Gasteiger partial charge in [0, 0.05) is 10.7 Å². The van der Waals surface area contributed by atoms with Crippen molar-refractivity contribution in [2.75, 3.05) is 0 Å². The number of hydrogen-bond acceptors (Lipinski definition) is 3. The van der Waals surface area contributed by atoms with Gasteiger partial charge in [0.2, 0.25) is 0 Å². The molecule has 0 saturated heterocycles. The van der Waals surface area contributed by atoms with Gasteiger partial charge >= 0.3 is 0 Å². The quantitative estimate of drug-likeness (QED) is 0.631. The minimum Gasteiger partial charge on any atom is -0.279 e. The molecule has 7 heteroatoms. The van der Waals surface area contributed by atoms with Crippen LogP contribution in [-0.2, 0) is 13.9 Å². The van der Waals surface area contributed by atoms with Crippen molar-refractivity contribution in [2.45, 2.75) is 22.6 Å². The number of halogens is 2. The number of aromatic amines is 1. The van der Waals surface area contributed by atoms with Gasteiger partial charge < -0.3 is 0 Å². The Balaban J connectivity index is 2.55. The van der Waals surface area contributed by atoms with Crippen molar-refractivity contribution in [2.24, 2.45) is 0 Å². The van der Waals surface area contributed by atoms with Crippen LogP contribution in [0.3, 0.4) is 0 Å². The van der Waals surface area contributed by atoms with Crippen molar-refractivity contribution in [3.8, 4) is 0 Å². The minimum atomic E-state index is -3.74. The maximum Gasteiger partial charge on any atom is 0.264 e. The third-order valence-electron chi connectivity index (χ3n) is 2.00. The van der Waals surface area contributed by atoms with Gasteiger partial charge in [-0.3, -0.25) is 5.10 Å². The minimum absolute atomic E-state index is 0.0123. The molecule has 4 nitrogen and oxygen atoms in total. The molecule has 0 atom stereocenters. The third kappa shape index (κ3) is 1.56. The Hall–Kier alpha value is -0.260. The van der Waals surface area contributed by atoms with Gasteiger partial charge in [-0.2, -0.15) is 5.10 Å². The van der Waals surface area contributed by atoms with Crippen molar-refractivity contribution < 1.29 is 8.42 Å². The SMILES string of the molecule is O=S(=O)(Cl)c1cn[nH]c1C1(Cl)CC1. The van der Waals surface area contributed by atoms with Crippen LogP contribution in [0.1, 0.15) is 18.5 Å². The van der Waals surface area contributed by atoms with Crippen LogP contribution in [0.4, 0.5) is 0 Å². The van der Waals surface area contributed by atoms with E-state index in [9.17, 15) is 8.42 Å². The Morgan fingerprint density at radius 3 is 2.62 bits per heavy atom. The molecular weight excluding hydrogens is 235 g/mol. The monoisotopic (exact) mass is 240 g/mol. The van der Waals surface area contributed by atoms with E-state index in [4.69, 9.17) is 22.3 Å². The van der Waals surface area contributed by atoms with Gasteiger partial charge in [-0.1, -0.05) is 0 Å². The summed E-state index contributed by atoms with van der Waals surface area (Å²) in [6.45, 7) is 0. The molecule has 0 radical (unpaired) electrons.